The number of hydrogen-bond donors (Lipinski definition) is 2. The van der Waals surface area contributed by atoms with Crippen molar-refractivity contribution >= 4 is 11.8 Å². The Labute approximate surface area is 151 Å². The van der Waals surface area contributed by atoms with E-state index >= 15 is 0 Å². The van der Waals surface area contributed by atoms with E-state index in [-0.39, 0.29) is 11.8 Å². The lowest BCUT2D eigenvalue weighted by molar-refractivity contribution is 0.0940. The Morgan fingerprint density at radius 1 is 0.731 bits per heavy atom. The normalized spacial score (nSPS) is 10.5. The number of nitrogens with one attached hydrogen (secondary N) is 2. The van der Waals surface area contributed by atoms with Gasteiger partial charge in [-0.25, -0.2) is 0 Å². The summed E-state index contributed by atoms with van der Waals surface area (Å²) in [5, 5.41) is 5.72. The summed E-state index contributed by atoms with van der Waals surface area (Å²) in [4.78, 5) is 24.1. The number of carbonyl (C=O) groups is 2. The molecule has 6 nitrogen and oxygen atoms in total. The first-order valence-electron chi connectivity index (χ1n) is 8.27. The Morgan fingerprint density at radius 2 is 1.12 bits per heavy atom. The van der Waals surface area contributed by atoms with Crippen LogP contribution >= 0.6 is 0 Å². The highest BCUT2D eigenvalue weighted by atomic mass is 16.3. The molecule has 26 heavy (non-hydrogen) atoms. The second-order valence-corrected chi connectivity index (χ2v) is 5.96. The van der Waals surface area contributed by atoms with Crippen LogP contribution < -0.4 is 10.6 Å². The standard InChI is InChI=1S/C20H20N2O4/c1-13-17(7-9-25-13)19(23)21-11-15-3-5-16(6-4-15)12-22-20(24)18-8-10-26-14(18)2/h3-10H,11-12H2,1-2H3,(H,21,23)(H,22,24). The second kappa shape index (κ2) is 7.74. The van der Waals surface area contributed by atoms with Gasteiger partial charge in [0.1, 0.15) is 11.5 Å². The third kappa shape index (κ3) is 4.03. The summed E-state index contributed by atoms with van der Waals surface area (Å²) in [6, 6.07) is 11.0. The second-order valence-electron chi connectivity index (χ2n) is 5.96. The van der Waals surface area contributed by atoms with Crippen LogP contribution in [0.15, 0.2) is 57.8 Å². The lowest BCUT2D eigenvalue weighted by Crippen LogP contribution is -2.23. The molecule has 134 valence electrons. The number of furan rings is 2. The molecular weight excluding hydrogens is 332 g/mol. The van der Waals surface area contributed by atoms with E-state index in [4.69, 9.17) is 8.83 Å². The van der Waals surface area contributed by atoms with Gasteiger partial charge in [-0.15, -0.1) is 0 Å². The van der Waals surface area contributed by atoms with Crippen molar-refractivity contribution in [2.45, 2.75) is 26.9 Å². The first-order valence-corrected chi connectivity index (χ1v) is 8.27. The first-order chi connectivity index (χ1) is 12.5. The predicted molar refractivity (Wildman–Crippen MR) is 95.7 cm³/mol. The highest BCUT2D eigenvalue weighted by Gasteiger charge is 2.12. The van der Waals surface area contributed by atoms with Gasteiger partial charge in [0, 0.05) is 13.1 Å². The average molecular weight is 352 g/mol. The third-order valence-electron chi connectivity index (χ3n) is 4.14. The Kier molecular flexibility index (Phi) is 5.22. The van der Waals surface area contributed by atoms with Crippen LogP contribution in [0.3, 0.4) is 0 Å². The average Bonchev–Trinajstić information content (AvgIpc) is 3.26. The van der Waals surface area contributed by atoms with Gasteiger partial charge in [-0.3, -0.25) is 9.59 Å². The molecule has 3 rings (SSSR count). The van der Waals surface area contributed by atoms with E-state index in [0.29, 0.717) is 35.7 Å². The van der Waals surface area contributed by atoms with Gasteiger partial charge in [0.15, 0.2) is 0 Å². The summed E-state index contributed by atoms with van der Waals surface area (Å²) >= 11 is 0. The number of aryl methyl sites for hydroxylation is 2. The van der Waals surface area contributed by atoms with E-state index in [2.05, 4.69) is 10.6 Å². The Hall–Kier alpha value is -3.28. The summed E-state index contributed by atoms with van der Waals surface area (Å²) in [5.74, 6) is 0.869. The Bertz CT molecular complexity index is 831. The topological polar surface area (TPSA) is 84.5 Å². The quantitative estimate of drug-likeness (QED) is 0.712. The zero-order valence-corrected chi connectivity index (χ0v) is 14.7. The minimum atomic E-state index is -0.164. The SMILES string of the molecule is Cc1occc1C(=O)NCc1ccc(CNC(=O)c2ccoc2C)cc1. The highest BCUT2D eigenvalue weighted by molar-refractivity contribution is 5.95. The first kappa shape index (κ1) is 17.5. The maximum atomic E-state index is 12.1. The minimum absolute atomic E-state index is 0.164. The van der Waals surface area contributed by atoms with E-state index in [1.165, 1.54) is 12.5 Å². The molecule has 0 fully saturated rings. The summed E-state index contributed by atoms with van der Waals surface area (Å²) < 4.78 is 10.3. The molecule has 0 saturated carbocycles. The third-order valence-corrected chi connectivity index (χ3v) is 4.14. The van der Waals surface area contributed by atoms with Crippen LogP contribution in [0.4, 0.5) is 0 Å². The number of carbonyl (C=O) groups excluding carboxylic acids is 2. The molecule has 0 saturated heterocycles. The number of hydrogen-bond acceptors (Lipinski definition) is 4. The van der Waals surface area contributed by atoms with Crippen LogP contribution in [0.1, 0.15) is 43.4 Å². The van der Waals surface area contributed by atoms with Crippen molar-refractivity contribution in [2.24, 2.45) is 0 Å². The van der Waals surface area contributed by atoms with Crippen molar-refractivity contribution in [2.75, 3.05) is 0 Å². The van der Waals surface area contributed by atoms with Crippen molar-refractivity contribution in [3.8, 4) is 0 Å². The van der Waals surface area contributed by atoms with Crippen molar-refractivity contribution in [1.82, 2.24) is 10.6 Å². The van der Waals surface area contributed by atoms with Crippen LogP contribution in [0, 0.1) is 13.8 Å². The van der Waals surface area contributed by atoms with E-state index < -0.39 is 0 Å². The van der Waals surface area contributed by atoms with Gasteiger partial charge in [0.05, 0.1) is 23.7 Å². The van der Waals surface area contributed by atoms with E-state index in [0.717, 1.165) is 11.1 Å². The molecule has 1 aromatic carbocycles. The molecule has 0 spiro atoms. The van der Waals surface area contributed by atoms with E-state index in [9.17, 15) is 9.59 Å². The lowest BCUT2D eigenvalue weighted by Gasteiger charge is -2.07. The Morgan fingerprint density at radius 3 is 1.42 bits per heavy atom. The van der Waals surface area contributed by atoms with Crippen molar-refractivity contribution in [3.05, 3.63) is 82.7 Å². The van der Waals surface area contributed by atoms with Gasteiger partial charge >= 0.3 is 0 Å². The lowest BCUT2D eigenvalue weighted by atomic mass is 10.1. The van der Waals surface area contributed by atoms with Crippen molar-refractivity contribution < 1.29 is 18.4 Å². The zero-order chi connectivity index (χ0) is 18.5. The predicted octanol–water partition coefficient (Wildman–Crippen LogP) is 3.35. The molecule has 0 unspecified atom stereocenters. The summed E-state index contributed by atoms with van der Waals surface area (Å²) in [5.41, 5.74) is 3.03. The van der Waals surface area contributed by atoms with Gasteiger partial charge < -0.3 is 19.5 Å². The molecule has 0 atom stereocenters. The fourth-order valence-corrected chi connectivity index (χ4v) is 2.57. The molecule has 2 amide bonds. The molecule has 2 aromatic heterocycles. The van der Waals surface area contributed by atoms with Gasteiger partial charge in [0.25, 0.3) is 11.8 Å². The summed E-state index contributed by atoms with van der Waals surface area (Å²) in [6.07, 6.45) is 3.00. The molecular formula is C20H20N2O4. The summed E-state index contributed by atoms with van der Waals surface area (Å²) in [6.45, 7) is 4.35. The van der Waals surface area contributed by atoms with E-state index in [1.54, 1.807) is 26.0 Å². The molecule has 0 bridgehead atoms. The van der Waals surface area contributed by atoms with Gasteiger partial charge in [-0.05, 0) is 37.1 Å². The highest BCUT2D eigenvalue weighted by Crippen LogP contribution is 2.11. The van der Waals surface area contributed by atoms with Crippen LogP contribution in [-0.4, -0.2) is 11.8 Å². The Balaban J connectivity index is 1.50. The van der Waals surface area contributed by atoms with Gasteiger partial charge in [0.2, 0.25) is 0 Å². The maximum Gasteiger partial charge on any atom is 0.255 e. The number of amides is 2. The van der Waals surface area contributed by atoms with Crippen LogP contribution in [0.25, 0.3) is 0 Å². The number of rotatable bonds is 6. The fraction of sp³-hybridized carbons (Fsp3) is 0.200. The summed E-state index contributed by atoms with van der Waals surface area (Å²) in [7, 11) is 0. The van der Waals surface area contributed by atoms with Gasteiger partial charge in [-0.2, -0.15) is 0 Å². The van der Waals surface area contributed by atoms with Crippen LogP contribution in [0.2, 0.25) is 0 Å². The monoisotopic (exact) mass is 352 g/mol. The molecule has 0 radical (unpaired) electrons. The van der Waals surface area contributed by atoms with Gasteiger partial charge in [-0.1, -0.05) is 24.3 Å². The fourth-order valence-electron chi connectivity index (χ4n) is 2.57. The van der Waals surface area contributed by atoms with Crippen molar-refractivity contribution in [3.63, 3.8) is 0 Å². The van der Waals surface area contributed by atoms with Crippen molar-refractivity contribution in [1.29, 1.82) is 0 Å². The van der Waals surface area contributed by atoms with E-state index in [1.807, 2.05) is 24.3 Å². The zero-order valence-electron chi connectivity index (χ0n) is 14.7. The maximum absolute atomic E-state index is 12.1. The molecule has 0 aliphatic carbocycles. The minimum Gasteiger partial charge on any atom is -0.469 e. The molecule has 3 aromatic rings. The van der Waals surface area contributed by atoms with Crippen LogP contribution in [0.5, 0.6) is 0 Å². The molecule has 2 heterocycles. The molecule has 0 aliphatic heterocycles. The number of benzene rings is 1. The molecule has 2 N–H and O–H groups in total. The van der Waals surface area contributed by atoms with Crippen LogP contribution in [-0.2, 0) is 13.1 Å². The molecule has 6 heteroatoms. The molecule has 0 aliphatic rings. The largest absolute Gasteiger partial charge is 0.469 e. The smallest absolute Gasteiger partial charge is 0.255 e.